The molecule has 3 unspecified atom stereocenters. The number of carbonyl (C=O) groups excluding carboxylic acids is 1. The molecule has 3 atom stereocenters. The van der Waals surface area contributed by atoms with Crippen LogP contribution in [0.3, 0.4) is 0 Å². The zero-order valence-electron chi connectivity index (χ0n) is 10.9. The van der Waals surface area contributed by atoms with E-state index in [9.17, 15) is 13.2 Å². The molecule has 0 spiro atoms. The molecule has 0 aromatic rings. The molecule has 0 aromatic carbocycles. The zero-order valence-corrected chi connectivity index (χ0v) is 11.8. The Hall–Kier alpha value is -0.620. The summed E-state index contributed by atoms with van der Waals surface area (Å²) < 4.78 is 22.6. The van der Waals surface area contributed by atoms with E-state index >= 15 is 0 Å². The van der Waals surface area contributed by atoms with E-state index in [2.05, 4.69) is 12.2 Å². The molecule has 1 fully saturated rings. The summed E-state index contributed by atoms with van der Waals surface area (Å²) in [5.74, 6) is 0.0208. The molecule has 0 radical (unpaired) electrons. The number of nitrogens with zero attached hydrogens (tertiary/aromatic N) is 1. The van der Waals surface area contributed by atoms with Crippen molar-refractivity contribution in [3.63, 3.8) is 0 Å². The number of nitrogens with one attached hydrogen (secondary N) is 1. The third kappa shape index (κ3) is 3.67. The summed E-state index contributed by atoms with van der Waals surface area (Å²) in [5.41, 5.74) is 0. The highest BCUT2D eigenvalue weighted by Crippen LogP contribution is 2.19. The smallest absolute Gasteiger partial charge is 0.240 e. The minimum absolute atomic E-state index is 0.000370. The molecular weight excluding hydrogens is 240 g/mol. The summed E-state index contributed by atoms with van der Waals surface area (Å²) in [6.45, 7) is 5.66. The summed E-state index contributed by atoms with van der Waals surface area (Å²) in [6, 6.07) is -0.486. The molecule has 1 N–H and O–H groups in total. The second-order valence-electron chi connectivity index (χ2n) is 4.88. The van der Waals surface area contributed by atoms with Crippen molar-refractivity contribution in [2.75, 3.05) is 12.0 Å². The number of rotatable bonds is 5. The molecule has 0 saturated carbocycles. The molecule has 1 rings (SSSR count). The minimum Gasteiger partial charge on any atom is -0.322 e. The van der Waals surface area contributed by atoms with Crippen molar-refractivity contribution in [3.05, 3.63) is 0 Å². The largest absolute Gasteiger partial charge is 0.322 e. The number of amides is 1. The molecule has 1 amide bonds. The highest BCUT2D eigenvalue weighted by atomic mass is 32.2. The van der Waals surface area contributed by atoms with Gasteiger partial charge in [-0.2, -0.15) is 0 Å². The lowest BCUT2D eigenvalue weighted by Gasteiger charge is -2.29. The molecule has 17 heavy (non-hydrogen) atoms. The summed E-state index contributed by atoms with van der Waals surface area (Å²) >= 11 is 0. The normalized spacial score (nSPS) is 27.5. The third-order valence-electron chi connectivity index (χ3n) is 2.98. The van der Waals surface area contributed by atoms with Crippen LogP contribution in [-0.4, -0.2) is 49.5 Å². The average molecular weight is 262 g/mol. The Kier molecular flexibility index (Phi) is 4.55. The van der Waals surface area contributed by atoms with Gasteiger partial charge >= 0.3 is 0 Å². The van der Waals surface area contributed by atoms with Gasteiger partial charge in [0.05, 0.1) is 18.0 Å². The maximum absolute atomic E-state index is 12.0. The summed E-state index contributed by atoms with van der Waals surface area (Å²) in [5, 5.41) is 3.20. The van der Waals surface area contributed by atoms with Gasteiger partial charge in [-0.25, -0.2) is 8.42 Å². The van der Waals surface area contributed by atoms with Gasteiger partial charge in [0.25, 0.3) is 0 Å². The van der Waals surface area contributed by atoms with Crippen LogP contribution in [0.2, 0.25) is 0 Å². The first-order chi connectivity index (χ1) is 7.76. The lowest BCUT2D eigenvalue weighted by Crippen LogP contribution is -2.46. The molecule has 0 bridgehead atoms. The lowest BCUT2D eigenvalue weighted by molar-refractivity contribution is -0.131. The van der Waals surface area contributed by atoms with E-state index < -0.39 is 9.84 Å². The number of hydrogen-bond donors (Lipinski definition) is 1. The Morgan fingerprint density at radius 2 is 2.06 bits per heavy atom. The minimum atomic E-state index is -3.06. The van der Waals surface area contributed by atoms with Crippen LogP contribution in [0.25, 0.3) is 0 Å². The Balaban J connectivity index is 2.80. The molecule has 100 valence electrons. The first-order valence-corrected chi connectivity index (χ1v) is 8.08. The highest BCUT2D eigenvalue weighted by molar-refractivity contribution is 7.90. The van der Waals surface area contributed by atoms with Crippen molar-refractivity contribution in [1.29, 1.82) is 0 Å². The maximum atomic E-state index is 12.0. The van der Waals surface area contributed by atoms with Crippen LogP contribution in [0.1, 0.15) is 33.6 Å². The Labute approximate surface area is 103 Å². The van der Waals surface area contributed by atoms with Crippen LogP contribution < -0.4 is 5.32 Å². The van der Waals surface area contributed by atoms with Crippen molar-refractivity contribution in [2.45, 2.75) is 51.9 Å². The highest BCUT2D eigenvalue weighted by Gasteiger charge is 2.38. The molecule has 0 aromatic heterocycles. The zero-order chi connectivity index (χ0) is 13.2. The van der Waals surface area contributed by atoms with Crippen LogP contribution in [0.15, 0.2) is 0 Å². The summed E-state index contributed by atoms with van der Waals surface area (Å²) in [6.07, 6.45) is 2.99. The Bertz CT molecular complexity index is 380. The average Bonchev–Trinajstić information content (AvgIpc) is 2.40. The molecule has 1 aliphatic rings. The first-order valence-electron chi connectivity index (χ1n) is 6.02. The molecule has 5 nitrogen and oxygen atoms in total. The van der Waals surface area contributed by atoms with Gasteiger partial charge in [0.15, 0.2) is 0 Å². The fourth-order valence-electron chi connectivity index (χ4n) is 2.36. The van der Waals surface area contributed by atoms with Gasteiger partial charge < -0.3 is 4.90 Å². The first kappa shape index (κ1) is 14.4. The van der Waals surface area contributed by atoms with Gasteiger partial charge in [0.1, 0.15) is 9.84 Å². The van der Waals surface area contributed by atoms with Crippen molar-refractivity contribution >= 4 is 15.7 Å². The van der Waals surface area contributed by atoms with Gasteiger partial charge in [0.2, 0.25) is 5.91 Å². The third-order valence-corrected chi connectivity index (χ3v) is 4.07. The van der Waals surface area contributed by atoms with Gasteiger partial charge in [0, 0.05) is 12.3 Å². The fraction of sp³-hybridized carbons (Fsp3) is 0.909. The molecule has 6 heteroatoms. The molecule has 1 heterocycles. The van der Waals surface area contributed by atoms with Crippen molar-refractivity contribution in [3.8, 4) is 0 Å². The van der Waals surface area contributed by atoms with Gasteiger partial charge in [-0.1, -0.05) is 13.3 Å². The molecule has 1 aliphatic heterocycles. The summed E-state index contributed by atoms with van der Waals surface area (Å²) in [4.78, 5) is 13.7. The number of carbonyl (C=O) groups is 1. The van der Waals surface area contributed by atoms with E-state index in [0.29, 0.717) is 0 Å². The van der Waals surface area contributed by atoms with Crippen molar-refractivity contribution < 1.29 is 13.2 Å². The lowest BCUT2D eigenvalue weighted by atomic mass is 10.2. The van der Waals surface area contributed by atoms with E-state index in [4.69, 9.17) is 0 Å². The predicted molar refractivity (Wildman–Crippen MR) is 67.3 cm³/mol. The second-order valence-corrected chi connectivity index (χ2v) is 7.06. The van der Waals surface area contributed by atoms with Crippen LogP contribution in [0.4, 0.5) is 0 Å². The SMILES string of the molecule is CCCC1NC(C)C(=O)N1C(C)CS(C)(=O)=O. The quantitative estimate of drug-likeness (QED) is 0.777. The standard InChI is InChI=1S/C11H22N2O3S/c1-5-6-10-12-9(3)11(14)13(10)8(2)7-17(4,15)16/h8-10,12H,5-7H2,1-4H3. The second kappa shape index (κ2) is 5.35. The molecular formula is C11H22N2O3S. The Morgan fingerprint density at radius 1 is 1.47 bits per heavy atom. The van der Waals surface area contributed by atoms with Gasteiger partial charge in [-0.15, -0.1) is 0 Å². The van der Waals surface area contributed by atoms with Crippen LogP contribution in [0, 0.1) is 0 Å². The fourth-order valence-corrected chi connectivity index (χ4v) is 3.39. The van der Waals surface area contributed by atoms with E-state index in [1.54, 1.807) is 11.8 Å². The molecule has 1 saturated heterocycles. The van der Waals surface area contributed by atoms with E-state index in [-0.39, 0.29) is 29.9 Å². The number of sulfone groups is 1. The summed E-state index contributed by atoms with van der Waals surface area (Å²) in [7, 11) is -3.06. The monoisotopic (exact) mass is 262 g/mol. The van der Waals surface area contributed by atoms with E-state index in [1.807, 2.05) is 6.92 Å². The van der Waals surface area contributed by atoms with Crippen LogP contribution >= 0.6 is 0 Å². The maximum Gasteiger partial charge on any atom is 0.240 e. The van der Waals surface area contributed by atoms with Crippen LogP contribution in [-0.2, 0) is 14.6 Å². The van der Waals surface area contributed by atoms with Gasteiger partial charge in [-0.3, -0.25) is 10.1 Å². The predicted octanol–water partition coefficient (Wildman–Crippen LogP) is 0.366. The topological polar surface area (TPSA) is 66.5 Å². The van der Waals surface area contributed by atoms with Crippen LogP contribution in [0.5, 0.6) is 0 Å². The van der Waals surface area contributed by atoms with E-state index in [0.717, 1.165) is 12.8 Å². The van der Waals surface area contributed by atoms with Crippen molar-refractivity contribution in [2.24, 2.45) is 0 Å². The number of hydrogen-bond acceptors (Lipinski definition) is 4. The van der Waals surface area contributed by atoms with E-state index in [1.165, 1.54) is 6.26 Å². The molecule has 0 aliphatic carbocycles. The van der Waals surface area contributed by atoms with Gasteiger partial charge in [-0.05, 0) is 20.3 Å². The van der Waals surface area contributed by atoms with Crippen molar-refractivity contribution in [1.82, 2.24) is 10.2 Å². The Morgan fingerprint density at radius 3 is 2.53 bits per heavy atom.